The Labute approximate surface area is 89.5 Å². The van der Waals surface area contributed by atoms with E-state index in [1.807, 2.05) is 0 Å². The Morgan fingerprint density at radius 2 is 2.29 bits per heavy atom. The third kappa shape index (κ3) is 2.42. The third-order valence-electron chi connectivity index (χ3n) is 2.33. The van der Waals surface area contributed by atoms with Gasteiger partial charge < -0.3 is 4.90 Å². The van der Waals surface area contributed by atoms with Crippen LogP contribution in [0.3, 0.4) is 0 Å². The van der Waals surface area contributed by atoms with Crippen LogP contribution in [0.15, 0.2) is 0 Å². The van der Waals surface area contributed by atoms with Gasteiger partial charge in [0.1, 0.15) is 5.37 Å². The highest BCUT2D eigenvalue weighted by Crippen LogP contribution is 2.21. The molecule has 0 amide bonds. The average Bonchev–Trinajstić information content (AvgIpc) is 2.18. The van der Waals surface area contributed by atoms with E-state index in [9.17, 15) is 8.42 Å². The molecule has 0 saturated carbocycles. The van der Waals surface area contributed by atoms with E-state index in [-0.39, 0.29) is 5.75 Å². The summed E-state index contributed by atoms with van der Waals surface area (Å²) in [5.74, 6) is 2.01. The fraction of sp³-hybridized carbons (Fsp3) is 0.875. The van der Waals surface area contributed by atoms with E-state index in [0.29, 0.717) is 18.1 Å². The molecule has 0 spiro atoms. The van der Waals surface area contributed by atoms with Crippen molar-refractivity contribution in [2.45, 2.75) is 19.2 Å². The molecule has 0 aliphatic carbocycles. The van der Waals surface area contributed by atoms with Crippen LogP contribution in [0.25, 0.3) is 0 Å². The Hall–Kier alpha value is -0.230. The summed E-state index contributed by atoms with van der Waals surface area (Å²) in [6, 6.07) is 0. The standard InChI is InChI=1S/C8H16N2O2S2/c1-3-14(11,12)8-6-13-5-4-10(8)7(2)9/h8-9H,3-6H2,1-2H3. The van der Waals surface area contributed by atoms with Gasteiger partial charge in [-0.05, 0) is 6.92 Å². The Morgan fingerprint density at radius 3 is 2.79 bits per heavy atom. The Bertz CT molecular complexity index is 313. The molecule has 0 aromatic carbocycles. The molecular formula is C8H16N2O2S2. The van der Waals surface area contributed by atoms with Crippen molar-refractivity contribution in [2.24, 2.45) is 0 Å². The number of nitrogens with one attached hydrogen (secondary N) is 1. The highest BCUT2D eigenvalue weighted by Gasteiger charge is 2.32. The molecule has 82 valence electrons. The zero-order chi connectivity index (χ0) is 10.8. The van der Waals surface area contributed by atoms with E-state index >= 15 is 0 Å². The number of hydrogen-bond donors (Lipinski definition) is 1. The molecule has 0 radical (unpaired) electrons. The zero-order valence-corrected chi connectivity index (χ0v) is 10.1. The summed E-state index contributed by atoms with van der Waals surface area (Å²) < 4.78 is 23.4. The van der Waals surface area contributed by atoms with Crippen LogP contribution in [0.1, 0.15) is 13.8 Å². The van der Waals surface area contributed by atoms with E-state index in [0.717, 1.165) is 5.75 Å². The minimum absolute atomic E-state index is 0.155. The average molecular weight is 236 g/mol. The lowest BCUT2D eigenvalue weighted by atomic mass is 10.4. The highest BCUT2D eigenvalue weighted by molar-refractivity contribution is 8.01. The molecule has 4 nitrogen and oxygen atoms in total. The van der Waals surface area contributed by atoms with Gasteiger partial charge in [0, 0.05) is 23.8 Å². The highest BCUT2D eigenvalue weighted by atomic mass is 32.2. The van der Waals surface area contributed by atoms with Crippen LogP contribution in [0.5, 0.6) is 0 Å². The third-order valence-corrected chi connectivity index (χ3v) is 5.62. The summed E-state index contributed by atoms with van der Waals surface area (Å²) in [4.78, 5) is 1.69. The smallest absolute Gasteiger partial charge is 0.171 e. The minimum atomic E-state index is -3.05. The molecule has 1 aliphatic rings. The van der Waals surface area contributed by atoms with E-state index in [1.54, 1.807) is 30.5 Å². The number of hydrogen-bond acceptors (Lipinski definition) is 4. The van der Waals surface area contributed by atoms with Crippen LogP contribution in [0.2, 0.25) is 0 Å². The van der Waals surface area contributed by atoms with E-state index in [2.05, 4.69) is 0 Å². The Morgan fingerprint density at radius 1 is 1.64 bits per heavy atom. The van der Waals surface area contributed by atoms with Crippen LogP contribution >= 0.6 is 11.8 Å². The SMILES string of the molecule is CCS(=O)(=O)C1CSCCN1C(C)=N. The second-order valence-corrected chi connectivity index (χ2v) is 6.86. The van der Waals surface area contributed by atoms with Crippen LogP contribution in [0, 0.1) is 5.41 Å². The van der Waals surface area contributed by atoms with Crippen LogP contribution in [0.4, 0.5) is 0 Å². The number of sulfone groups is 1. The van der Waals surface area contributed by atoms with Gasteiger partial charge in [-0.1, -0.05) is 6.92 Å². The summed E-state index contributed by atoms with van der Waals surface area (Å²) in [5.41, 5.74) is 0. The van der Waals surface area contributed by atoms with E-state index in [4.69, 9.17) is 5.41 Å². The van der Waals surface area contributed by atoms with Crippen LogP contribution < -0.4 is 0 Å². The van der Waals surface area contributed by atoms with Gasteiger partial charge in [-0.25, -0.2) is 8.42 Å². The first-order valence-corrected chi connectivity index (χ1v) is 7.47. The monoisotopic (exact) mass is 236 g/mol. The lowest BCUT2D eigenvalue weighted by Gasteiger charge is -2.35. The summed E-state index contributed by atoms with van der Waals surface area (Å²) in [7, 11) is -3.05. The Balaban J connectivity index is 2.88. The summed E-state index contributed by atoms with van der Waals surface area (Å²) in [6.07, 6.45) is 0. The van der Waals surface area contributed by atoms with Crippen LogP contribution in [-0.2, 0) is 9.84 Å². The number of rotatable bonds is 2. The molecule has 1 unspecified atom stereocenters. The topological polar surface area (TPSA) is 61.2 Å². The van der Waals surface area contributed by atoms with Crippen molar-refractivity contribution >= 4 is 27.4 Å². The normalized spacial score (nSPS) is 23.6. The quantitative estimate of drug-likeness (QED) is 0.569. The molecule has 1 atom stereocenters. The second-order valence-electron chi connectivity index (χ2n) is 3.26. The van der Waals surface area contributed by atoms with Gasteiger partial charge in [-0.2, -0.15) is 11.8 Å². The molecule has 1 saturated heterocycles. The van der Waals surface area contributed by atoms with Crippen LogP contribution in [-0.4, -0.2) is 48.3 Å². The molecule has 1 rings (SSSR count). The van der Waals surface area contributed by atoms with E-state index in [1.165, 1.54) is 0 Å². The molecule has 1 heterocycles. The van der Waals surface area contributed by atoms with Gasteiger partial charge >= 0.3 is 0 Å². The van der Waals surface area contributed by atoms with Crippen molar-refractivity contribution in [2.75, 3.05) is 23.8 Å². The number of thioether (sulfide) groups is 1. The maximum Gasteiger partial charge on any atom is 0.171 e. The van der Waals surface area contributed by atoms with Gasteiger partial charge in [-0.3, -0.25) is 5.41 Å². The van der Waals surface area contributed by atoms with E-state index < -0.39 is 15.2 Å². The van der Waals surface area contributed by atoms with Gasteiger partial charge in [0.25, 0.3) is 0 Å². The fourth-order valence-electron chi connectivity index (χ4n) is 1.45. The first-order valence-electron chi connectivity index (χ1n) is 4.60. The lowest BCUT2D eigenvalue weighted by molar-refractivity contribution is 0.405. The molecule has 1 N–H and O–H groups in total. The maximum absolute atomic E-state index is 11.7. The molecule has 0 aromatic heterocycles. The number of nitrogens with zero attached hydrogens (tertiary/aromatic N) is 1. The van der Waals surface area contributed by atoms with Crippen molar-refractivity contribution in [3.63, 3.8) is 0 Å². The first-order chi connectivity index (χ1) is 6.49. The summed E-state index contributed by atoms with van der Waals surface area (Å²) >= 11 is 1.65. The lowest BCUT2D eigenvalue weighted by Crippen LogP contribution is -2.49. The predicted octanol–water partition coefficient (Wildman–Crippen LogP) is 0.793. The first kappa shape index (κ1) is 11.8. The molecule has 6 heteroatoms. The molecule has 14 heavy (non-hydrogen) atoms. The van der Waals surface area contributed by atoms with Gasteiger partial charge in [0.15, 0.2) is 9.84 Å². The number of amidine groups is 1. The predicted molar refractivity (Wildman–Crippen MR) is 60.7 cm³/mol. The largest absolute Gasteiger partial charge is 0.342 e. The molecule has 1 aliphatic heterocycles. The maximum atomic E-state index is 11.7. The molecule has 0 bridgehead atoms. The molecule has 0 aromatic rings. The molecule has 1 fully saturated rings. The summed E-state index contributed by atoms with van der Waals surface area (Å²) in [6.45, 7) is 3.98. The zero-order valence-electron chi connectivity index (χ0n) is 8.49. The van der Waals surface area contributed by atoms with Gasteiger partial charge in [0.2, 0.25) is 0 Å². The van der Waals surface area contributed by atoms with Gasteiger partial charge in [0.05, 0.1) is 5.84 Å². The van der Waals surface area contributed by atoms with Crippen molar-refractivity contribution < 1.29 is 8.42 Å². The van der Waals surface area contributed by atoms with Crippen molar-refractivity contribution in [3.8, 4) is 0 Å². The minimum Gasteiger partial charge on any atom is -0.342 e. The molecular weight excluding hydrogens is 220 g/mol. The summed E-state index contributed by atoms with van der Waals surface area (Å²) in [5, 5.41) is 7.04. The van der Waals surface area contributed by atoms with Crippen molar-refractivity contribution in [1.82, 2.24) is 4.90 Å². The fourth-order valence-corrected chi connectivity index (χ4v) is 4.48. The second kappa shape index (κ2) is 4.53. The van der Waals surface area contributed by atoms with Crippen molar-refractivity contribution in [1.29, 1.82) is 5.41 Å². The van der Waals surface area contributed by atoms with Crippen molar-refractivity contribution in [3.05, 3.63) is 0 Å². The Kier molecular flexibility index (Phi) is 3.83. The van der Waals surface area contributed by atoms with Gasteiger partial charge in [-0.15, -0.1) is 0 Å².